The largest absolute Gasteiger partial charge is 0.373 e. The molecule has 2 atom stereocenters. The second kappa shape index (κ2) is 5.81. The molecule has 0 saturated carbocycles. The van der Waals surface area contributed by atoms with Crippen molar-refractivity contribution in [3.05, 3.63) is 27.1 Å². The van der Waals surface area contributed by atoms with Crippen molar-refractivity contribution in [3.8, 4) is 0 Å². The van der Waals surface area contributed by atoms with Crippen molar-refractivity contribution in [3.63, 3.8) is 0 Å². The van der Waals surface area contributed by atoms with Crippen LogP contribution < -0.4 is 0 Å². The van der Waals surface area contributed by atoms with Crippen molar-refractivity contribution < 1.29 is 13.2 Å². The molecule has 1 aromatic carbocycles. The maximum atomic E-state index is 12.6. The minimum atomic E-state index is -3.49. The van der Waals surface area contributed by atoms with E-state index in [1.54, 1.807) is 18.2 Å². The Kier molecular flexibility index (Phi) is 4.72. The lowest BCUT2D eigenvalue weighted by Gasteiger charge is -2.34. The van der Waals surface area contributed by atoms with E-state index in [-0.39, 0.29) is 17.1 Å². The van der Waals surface area contributed by atoms with Gasteiger partial charge in [0.2, 0.25) is 10.0 Å². The fourth-order valence-corrected chi connectivity index (χ4v) is 5.45. The Balaban J connectivity index is 2.36. The molecule has 1 saturated heterocycles. The van der Waals surface area contributed by atoms with Gasteiger partial charge in [0.15, 0.2) is 0 Å². The van der Waals surface area contributed by atoms with Crippen LogP contribution in [-0.2, 0) is 14.8 Å². The monoisotopic (exact) mass is 411 g/mol. The summed E-state index contributed by atoms with van der Waals surface area (Å²) in [5.74, 6) is 0. The second-order valence-electron chi connectivity index (χ2n) is 4.65. The molecule has 0 aromatic heterocycles. The van der Waals surface area contributed by atoms with E-state index < -0.39 is 10.0 Å². The lowest BCUT2D eigenvalue weighted by Crippen LogP contribution is -2.48. The van der Waals surface area contributed by atoms with Crippen LogP contribution in [0.3, 0.4) is 0 Å². The average Bonchev–Trinajstić information content (AvgIpc) is 2.26. The molecule has 106 valence electrons. The van der Waals surface area contributed by atoms with Crippen LogP contribution in [0.1, 0.15) is 13.8 Å². The third kappa shape index (κ3) is 3.39. The number of ether oxygens (including phenoxy) is 1. The van der Waals surface area contributed by atoms with E-state index in [1.807, 2.05) is 13.8 Å². The van der Waals surface area contributed by atoms with Crippen LogP contribution >= 0.6 is 31.9 Å². The molecule has 4 nitrogen and oxygen atoms in total. The number of benzene rings is 1. The minimum Gasteiger partial charge on any atom is -0.373 e. The molecule has 1 aliphatic heterocycles. The summed E-state index contributed by atoms with van der Waals surface area (Å²) in [6.45, 7) is 4.54. The molecule has 1 heterocycles. The summed E-state index contributed by atoms with van der Waals surface area (Å²) in [5, 5.41) is 0. The van der Waals surface area contributed by atoms with Crippen molar-refractivity contribution in [1.29, 1.82) is 0 Å². The standard InChI is InChI=1S/C12H15Br2NO3S/c1-8-6-15(7-9(2)18-8)19(16,17)12-4-3-10(13)5-11(12)14/h3-5,8-9H,6-7H2,1-2H3/t8-,9+. The SMILES string of the molecule is C[C@@H]1CN(S(=O)(=O)c2ccc(Br)cc2Br)C[C@H](C)O1. The van der Waals surface area contributed by atoms with E-state index in [2.05, 4.69) is 31.9 Å². The fourth-order valence-electron chi connectivity index (χ4n) is 2.15. The van der Waals surface area contributed by atoms with Crippen molar-refractivity contribution >= 4 is 41.9 Å². The van der Waals surface area contributed by atoms with E-state index in [4.69, 9.17) is 4.74 Å². The zero-order valence-electron chi connectivity index (χ0n) is 10.6. The first-order chi connectivity index (χ1) is 8.80. The molecule has 1 aliphatic rings. The average molecular weight is 413 g/mol. The van der Waals surface area contributed by atoms with Gasteiger partial charge in [0.1, 0.15) is 0 Å². The van der Waals surface area contributed by atoms with Crippen LogP contribution in [0.25, 0.3) is 0 Å². The van der Waals surface area contributed by atoms with E-state index in [9.17, 15) is 8.42 Å². The van der Waals surface area contributed by atoms with Crippen LogP contribution in [0, 0.1) is 0 Å². The van der Waals surface area contributed by atoms with Gasteiger partial charge in [0.25, 0.3) is 0 Å². The van der Waals surface area contributed by atoms with Crippen molar-refractivity contribution in [1.82, 2.24) is 4.31 Å². The van der Waals surface area contributed by atoms with E-state index in [1.165, 1.54) is 4.31 Å². The van der Waals surface area contributed by atoms with Gasteiger partial charge in [-0.1, -0.05) is 15.9 Å². The highest BCUT2D eigenvalue weighted by Gasteiger charge is 2.33. The van der Waals surface area contributed by atoms with Crippen molar-refractivity contribution in [2.45, 2.75) is 31.0 Å². The normalized spacial score (nSPS) is 25.5. The molecule has 1 aromatic rings. The first-order valence-electron chi connectivity index (χ1n) is 5.91. The molecule has 0 radical (unpaired) electrons. The highest BCUT2D eigenvalue weighted by molar-refractivity contribution is 9.11. The quantitative estimate of drug-likeness (QED) is 0.749. The van der Waals surface area contributed by atoms with Crippen LogP contribution in [0.15, 0.2) is 32.0 Å². The fraction of sp³-hybridized carbons (Fsp3) is 0.500. The van der Waals surface area contributed by atoms with Crippen molar-refractivity contribution in [2.24, 2.45) is 0 Å². The zero-order valence-corrected chi connectivity index (χ0v) is 14.6. The molecule has 0 bridgehead atoms. The highest BCUT2D eigenvalue weighted by atomic mass is 79.9. The number of halogens is 2. The summed E-state index contributed by atoms with van der Waals surface area (Å²) >= 11 is 6.63. The molecule has 0 unspecified atom stereocenters. The van der Waals surface area contributed by atoms with Gasteiger partial charge in [-0.25, -0.2) is 8.42 Å². The Bertz CT molecular complexity index is 566. The van der Waals surface area contributed by atoms with Gasteiger partial charge in [-0.05, 0) is 48.0 Å². The van der Waals surface area contributed by atoms with Gasteiger partial charge < -0.3 is 4.74 Å². The summed E-state index contributed by atoms with van der Waals surface area (Å²) in [6.07, 6.45) is -0.180. The maximum absolute atomic E-state index is 12.6. The molecule has 0 spiro atoms. The summed E-state index contributed by atoms with van der Waals surface area (Å²) in [5.41, 5.74) is 0. The Hall–Kier alpha value is 0.0500. The van der Waals surface area contributed by atoms with Crippen LogP contribution in [0.2, 0.25) is 0 Å². The van der Waals surface area contributed by atoms with Gasteiger partial charge in [0.05, 0.1) is 17.1 Å². The molecule has 0 N–H and O–H groups in total. The highest BCUT2D eigenvalue weighted by Crippen LogP contribution is 2.29. The Morgan fingerprint density at radius 2 is 1.79 bits per heavy atom. The smallest absolute Gasteiger partial charge is 0.244 e. The number of morpholine rings is 1. The zero-order chi connectivity index (χ0) is 14.2. The second-order valence-corrected chi connectivity index (χ2v) is 8.33. The Morgan fingerprint density at radius 3 is 2.32 bits per heavy atom. The lowest BCUT2D eigenvalue weighted by atomic mass is 10.3. The van der Waals surface area contributed by atoms with Gasteiger partial charge >= 0.3 is 0 Å². The van der Waals surface area contributed by atoms with Gasteiger partial charge in [-0.15, -0.1) is 0 Å². The lowest BCUT2D eigenvalue weighted by molar-refractivity contribution is -0.0440. The molecule has 1 fully saturated rings. The molecule has 2 rings (SSSR count). The van der Waals surface area contributed by atoms with Crippen LogP contribution in [0.5, 0.6) is 0 Å². The summed E-state index contributed by atoms with van der Waals surface area (Å²) in [4.78, 5) is 0.289. The molecule has 19 heavy (non-hydrogen) atoms. The number of hydrogen-bond donors (Lipinski definition) is 0. The predicted octanol–water partition coefficient (Wildman–Crippen LogP) is 3.01. The Morgan fingerprint density at radius 1 is 1.21 bits per heavy atom. The number of hydrogen-bond acceptors (Lipinski definition) is 3. The number of rotatable bonds is 2. The summed E-state index contributed by atoms with van der Waals surface area (Å²) in [7, 11) is -3.49. The molecular weight excluding hydrogens is 398 g/mol. The summed E-state index contributed by atoms with van der Waals surface area (Å²) in [6, 6.07) is 5.07. The minimum absolute atomic E-state index is 0.0900. The topological polar surface area (TPSA) is 46.6 Å². The van der Waals surface area contributed by atoms with Gasteiger partial charge in [0, 0.05) is 22.0 Å². The van der Waals surface area contributed by atoms with E-state index in [0.717, 1.165) is 4.47 Å². The predicted molar refractivity (Wildman–Crippen MR) is 80.6 cm³/mol. The molecule has 0 amide bonds. The van der Waals surface area contributed by atoms with Crippen LogP contribution in [0.4, 0.5) is 0 Å². The molecular formula is C12H15Br2NO3S. The summed E-state index contributed by atoms with van der Waals surface area (Å²) < 4.78 is 33.7. The first-order valence-corrected chi connectivity index (χ1v) is 8.94. The number of nitrogens with zero attached hydrogens (tertiary/aromatic N) is 1. The van der Waals surface area contributed by atoms with Gasteiger partial charge in [-0.2, -0.15) is 4.31 Å². The Labute approximate surface area is 130 Å². The molecule has 7 heteroatoms. The molecule has 0 aliphatic carbocycles. The van der Waals surface area contributed by atoms with Crippen LogP contribution in [-0.4, -0.2) is 38.0 Å². The third-order valence-corrected chi connectivity index (χ3v) is 6.20. The van der Waals surface area contributed by atoms with E-state index >= 15 is 0 Å². The first kappa shape index (κ1) is 15.4. The number of sulfonamides is 1. The van der Waals surface area contributed by atoms with Crippen molar-refractivity contribution in [2.75, 3.05) is 13.1 Å². The third-order valence-electron chi connectivity index (χ3n) is 2.90. The van der Waals surface area contributed by atoms with Gasteiger partial charge in [-0.3, -0.25) is 0 Å². The van der Waals surface area contributed by atoms with E-state index in [0.29, 0.717) is 17.6 Å². The maximum Gasteiger partial charge on any atom is 0.244 e.